The van der Waals surface area contributed by atoms with Crippen molar-refractivity contribution in [3.63, 3.8) is 0 Å². The van der Waals surface area contributed by atoms with E-state index in [1.807, 2.05) is 12.1 Å². The number of hydrogen-bond donors (Lipinski definition) is 1. The molecule has 7 heteroatoms. The van der Waals surface area contributed by atoms with Crippen LogP contribution in [0.15, 0.2) is 24.3 Å². The molecule has 0 spiro atoms. The molecule has 2 aromatic rings. The molecule has 0 amide bonds. The molecule has 1 aromatic heterocycles. The van der Waals surface area contributed by atoms with Crippen molar-refractivity contribution in [2.45, 2.75) is 26.8 Å². The molecule has 1 unspecified atom stereocenters. The lowest BCUT2D eigenvalue weighted by Crippen LogP contribution is -2.35. The van der Waals surface area contributed by atoms with Gasteiger partial charge in [0.25, 0.3) is 0 Å². The van der Waals surface area contributed by atoms with Gasteiger partial charge in [-0.25, -0.2) is 19.2 Å². The summed E-state index contributed by atoms with van der Waals surface area (Å²) in [5.41, 5.74) is 1.87. The highest BCUT2D eigenvalue weighted by atomic mass is 35.5. The van der Waals surface area contributed by atoms with Crippen LogP contribution < -0.4 is 5.01 Å². The van der Waals surface area contributed by atoms with E-state index in [1.54, 1.807) is 24.1 Å². The maximum atomic E-state index is 13.3. The Labute approximate surface area is 150 Å². The molecule has 0 radical (unpaired) electrons. The predicted molar refractivity (Wildman–Crippen MR) is 94.8 cm³/mol. The molecule has 5 nitrogen and oxygen atoms in total. The van der Waals surface area contributed by atoms with Crippen LogP contribution in [0, 0.1) is 18.7 Å². The molecule has 1 aromatic carbocycles. The molecule has 0 saturated heterocycles. The van der Waals surface area contributed by atoms with Gasteiger partial charge in [-0.15, -0.1) is 0 Å². The molecule has 0 saturated carbocycles. The molecule has 132 valence electrons. The first kappa shape index (κ1) is 17.6. The van der Waals surface area contributed by atoms with Crippen molar-refractivity contribution >= 4 is 29.1 Å². The smallest absolute Gasteiger partial charge is 0.354 e. The van der Waals surface area contributed by atoms with Crippen LogP contribution in [0.1, 0.15) is 41.5 Å². The number of aromatic carboxylic acids is 1. The number of rotatable bonds is 3. The summed E-state index contributed by atoms with van der Waals surface area (Å²) in [5, 5.41) is 13.6. The van der Waals surface area contributed by atoms with Crippen LogP contribution in [0.5, 0.6) is 0 Å². The van der Waals surface area contributed by atoms with Crippen LogP contribution in [-0.4, -0.2) is 28.1 Å². The number of hydrazine groups is 1. The average molecular weight is 364 g/mol. The first-order chi connectivity index (χ1) is 11.7. The van der Waals surface area contributed by atoms with Crippen molar-refractivity contribution in [2.75, 3.05) is 12.1 Å². The summed E-state index contributed by atoms with van der Waals surface area (Å²) >= 11 is 6.55. The number of carboxylic acids is 1. The maximum Gasteiger partial charge on any atom is 0.354 e. The largest absolute Gasteiger partial charge is 0.477 e. The maximum absolute atomic E-state index is 13.3. The topological polar surface area (TPSA) is 56.7 Å². The van der Waals surface area contributed by atoms with Gasteiger partial charge in [-0.1, -0.05) is 25.4 Å². The Morgan fingerprint density at radius 2 is 1.92 bits per heavy atom. The zero-order valence-electron chi connectivity index (χ0n) is 14.4. The summed E-state index contributed by atoms with van der Waals surface area (Å²) in [6, 6.07) is 5.92. The molecule has 0 fully saturated rings. The quantitative estimate of drug-likeness (QED) is 0.865. The number of hydrogen-bond acceptors (Lipinski definition) is 4. The second-order valence-corrected chi connectivity index (χ2v) is 6.87. The Bertz CT molecular complexity index is 839. The molecule has 25 heavy (non-hydrogen) atoms. The number of fused-ring (bicyclic) bond motifs is 1. The zero-order valence-corrected chi connectivity index (χ0v) is 15.2. The van der Waals surface area contributed by atoms with E-state index >= 15 is 0 Å². The highest BCUT2D eigenvalue weighted by molar-refractivity contribution is 6.33. The summed E-state index contributed by atoms with van der Waals surface area (Å²) in [6.45, 7) is 5.79. The van der Waals surface area contributed by atoms with E-state index in [9.17, 15) is 14.3 Å². The van der Waals surface area contributed by atoms with Gasteiger partial charge in [0.1, 0.15) is 5.82 Å². The fourth-order valence-electron chi connectivity index (χ4n) is 3.40. The van der Waals surface area contributed by atoms with E-state index < -0.39 is 5.97 Å². The predicted octanol–water partition coefficient (Wildman–Crippen LogP) is 4.58. The van der Waals surface area contributed by atoms with E-state index in [2.05, 4.69) is 18.8 Å². The van der Waals surface area contributed by atoms with E-state index in [0.29, 0.717) is 22.1 Å². The molecule has 1 N–H and O–H groups in total. The number of pyridine rings is 1. The van der Waals surface area contributed by atoms with E-state index in [0.717, 1.165) is 5.56 Å². The van der Waals surface area contributed by atoms with Gasteiger partial charge in [-0.3, -0.25) is 5.01 Å². The van der Waals surface area contributed by atoms with Gasteiger partial charge < -0.3 is 5.11 Å². The van der Waals surface area contributed by atoms with Crippen LogP contribution in [0.25, 0.3) is 0 Å². The summed E-state index contributed by atoms with van der Waals surface area (Å²) in [6.07, 6.45) is 0. The van der Waals surface area contributed by atoms with Crippen LogP contribution in [-0.2, 0) is 0 Å². The number of carbonyl (C=O) groups is 1. The second kappa shape index (κ2) is 6.28. The number of anilines is 2. The lowest BCUT2D eigenvalue weighted by molar-refractivity contribution is 0.0689. The molecule has 1 aliphatic rings. The first-order valence-electron chi connectivity index (χ1n) is 7.95. The average Bonchev–Trinajstić information content (AvgIpc) is 2.84. The van der Waals surface area contributed by atoms with E-state index in [1.165, 1.54) is 12.1 Å². The van der Waals surface area contributed by atoms with E-state index in [-0.39, 0.29) is 23.5 Å². The van der Waals surface area contributed by atoms with Gasteiger partial charge in [0.15, 0.2) is 11.5 Å². The van der Waals surface area contributed by atoms with Gasteiger partial charge >= 0.3 is 5.97 Å². The van der Waals surface area contributed by atoms with E-state index in [4.69, 9.17) is 11.6 Å². The van der Waals surface area contributed by atoms with Gasteiger partial charge in [-0.2, -0.15) is 0 Å². The fraction of sp³-hybridized carbons (Fsp3) is 0.333. The third kappa shape index (κ3) is 2.75. The van der Waals surface area contributed by atoms with Crippen molar-refractivity contribution in [1.29, 1.82) is 0 Å². The van der Waals surface area contributed by atoms with Crippen LogP contribution in [0.3, 0.4) is 0 Å². The monoisotopic (exact) mass is 363 g/mol. The molecule has 1 atom stereocenters. The van der Waals surface area contributed by atoms with Crippen LogP contribution in [0.2, 0.25) is 5.02 Å². The van der Waals surface area contributed by atoms with Crippen molar-refractivity contribution in [3.8, 4) is 0 Å². The first-order valence-corrected chi connectivity index (χ1v) is 8.33. The van der Waals surface area contributed by atoms with Gasteiger partial charge in [-0.05, 0) is 37.1 Å². The Morgan fingerprint density at radius 1 is 1.32 bits per heavy atom. The number of carboxylic acid groups (broad SMARTS) is 1. The van der Waals surface area contributed by atoms with Crippen LogP contribution >= 0.6 is 11.6 Å². The minimum atomic E-state index is -1.13. The SMILES string of the molecule is Cc1c(C(=O)O)nc2c(c1Cl)C(C(C)C)N(C)N2c1ccc(F)cc1. The van der Waals surface area contributed by atoms with Crippen LogP contribution in [0.4, 0.5) is 15.9 Å². The normalized spacial score (nSPS) is 17.2. The lowest BCUT2D eigenvalue weighted by atomic mass is 9.96. The zero-order chi connectivity index (χ0) is 18.5. The van der Waals surface area contributed by atoms with Crippen molar-refractivity contribution in [1.82, 2.24) is 9.99 Å². The third-order valence-electron chi connectivity index (χ3n) is 4.50. The Morgan fingerprint density at radius 3 is 2.44 bits per heavy atom. The summed E-state index contributed by atoms with van der Waals surface area (Å²) in [4.78, 5) is 15.9. The highest BCUT2D eigenvalue weighted by Gasteiger charge is 2.41. The van der Waals surface area contributed by atoms with Gasteiger partial charge in [0.05, 0.1) is 16.8 Å². The minimum absolute atomic E-state index is 0.0680. The summed E-state index contributed by atoms with van der Waals surface area (Å²) < 4.78 is 13.3. The minimum Gasteiger partial charge on any atom is -0.477 e. The molecule has 0 bridgehead atoms. The number of halogens is 2. The summed E-state index contributed by atoms with van der Waals surface area (Å²) in [7, 11) is 1.89. The number of aromatic nitrogens is 1. The molecule has 1 aliphatic heterocycles. The van der Waals surface area contributed by atoms with Crippen molar-refractivity contribution < 1.29 is 14.3 Å². The second-order valence-electron chi connectivity index (χ2n) is 6.49. The standard InChI is InChI=1S/C18H19ClFN3O2/c1-9(2)16-13-14(19)10(3)15(18(24)25)21-17(13)23(22(16)4)12-7-5-11(20)6-8-12/h5-9,16H,1-4H3,(H,24,25). The Kier molecular flexibility index (Phi) is 4.43. The Hall–Kier alpha value is -2.18. The fourth-order valence-corrected chi connectivity index (χ4v) is 3.68. The van der Waals surface area contributed by atoms with Crippen molar-refractivity contribution in [3.05, 3.63) is 51.9 Å². The highest BCUT2D eigenvalue weighted by Crippen LogP contribution is 2.49. The number of nitrogens with zero attached hydrogens (tertiary/aromatic N) is 3. The molecule has 0 aliphatic carbocycles. The van der Waals surface area contributed by atoms with Gasteiger partial charge in [0.2, 0.25) is 0 Å². The third-order valence-corrected chi connectivity index (χ3v) is 4.99. The molecular formula is C18H19ClFN3O2. The molecule has 3 rings (SSSR count). The summed E-state index contributed by atoms with van der Waals surface area (Å²) in [5.74, 6) is -0.784. The Balaban J connectivity index is 2.28. The lowest BCUT2D eigenvalue weighted by Gasteiger charge is -2.31. The number of benzene rings is 1. The van der Waals surface area contributed by atoms with Crippen molar-refractivity contribution in [2.24, 2.45) is 5.92 Å². The molecule has 2 heterocycles. The molecular weight excluding hydrogens is 345 g/mol. The van der Waals surface area contributed by atoms with Gasteiger partial charge in [0, 0.05) is 18.2 Å².